The van der Waals surface area contributed by atoms with Crippen LogP contribution in [0.1, 0.15) is 12.8 Å². The Morgan fingerprint density at radius 2 is 2.33 bits per heavy atom. The SMILES string of the molecule is Fc1ccc(Cl)c(OC2CCCNC2)c1. The van der Waals surface area contributed by atoms with Gasteiger partial charge in [0.05, 0.1) is 5.02 Å². The third-order valence-electron chi connectivity index (χ3n) is 2.44. The average molecular weight is 230 g/mol. The number of hydrogen-bond donors (Lipinski definition) is 1. The van der Waals surface area contributed by atoms with E-state index in [1.165, 1.54) is 18.2 Å². The lowest BCUT2D eigenvalue weighted by Crippen LogP contribution is -2.37. The van der Waals surface area contributed by atoms with Crippen molar-refractivity contribution in [2.45, 2.75) is 18.9 Å². The van der Waals surface area contributed by atoms with E-state index in [1.54, 1.807) is 0 Å². The molecule has 0 aromatic heterocycles. The van der Waals surface area contributed by atoms with Crippen LogP contribution < -0.4 is 10.1 Å². The van der Waals surface area contributed by atoms with Gasteiger partial charge in [-0.15, -0.1) is 0 Å². The Morgan fingerprint density at radius 1 is 1.47 bits per heavy atom. The third kappa shape index (κ3) is 2.83. The van der Waals surface area contributed by atoms with E-state index in [0.717, 1.165) is 25.9 Å². The van der Waals surface area contributed by atoms with Crippen molar-refractivity contribution >= 4 is 11.6 Å². The second kappa shape index (κ2) is 4.81. The largest absolute Gasteiger partial charge is 0.487 e. The summed E-state index contributed by atoms with van der Waals surface area (Å²) >= 11 is 5.90. The van der Waals surface area contributed by atoms with Gasteiger partial charge in [0.1, 0.15) is 17.7 Å². The van der Waals surface area contributed by atoms with Gasteiger partial charge in [0.2, 0.25) is 0 Å². The van der Waals surface area contributed by atoms with Gasteiger partial charge in [-0.2, -0.15) is 0 Å². The fourth-order valence-corrected chi connectivity index (χ4v) is 1.83. The summed E-state index contributed by atoms with van der Waals surface area (Å²) in [4.78, 5) is 0. The standard InChI is InChI=1S/C11H13ClFNO/c12-10-4-3-8(13)6-11(10)15-9-2-1-5-14-7-9/h3-4,6,9,14H,1-2,5,7H2. The first-order valence-electron chi connectivity index (χ1n) is 5.08. The lowest BCUT2D eigenvalue weighted by atomic mass is 10.1. The molecule has 1 N–H and O–H groups in total. The molecule has 4 heteroatoms. The molecule has 2 nitrogen and oxygen atoms in total. The summed E-state index contributed by atoms with van der Waals surface area (Å²) in [6.45, 7) is 1.82. The predicted octanol–water partition coefficient (Wildman–Crippen LogP) is 2.61. The second-order valence-electron chi connectivity index (χ2n) is 3.66. The highest BCUT2D eigenvalue weighted by Gasteiger charge is 2.15. The molecule has 1 fully saturated rings. The van der Waals surface area contributed by atoms with Crippen LogP contribution in [0.15, 0.2) is 18.2 Å². The molecule has 0 radical (unpaired) electrons. The first-order valence-corrected chi connectivity index (χ1v) is 5.46. The van der Waals surface area contributed by atoms with Crippen LogP contribution in [0.2, 0.25) is 5.02 Å². The number of hydrogen-bond acceptors (Lipinski definition) is 2. The molecule has 2 rings (SSSR count). The van der Waals surface area contributed by atoms with Crippen molar-refractivity contribution in [3.8, 4) is 5.75 Å². The van der Waals surface area contributed by atoms with E-state index >= 15 is 0 Å². The topological polar surface area (TPSA) is 21.3 Å². The first-order chi connectivity index (χ1) is 7.25. The van der Waals surface area contributed by atoms with Crippen LogP contribution in [0.3, 0.4) is 0 Å². The van der Waals surface area contributed by atoms with Crippen molar-refractivity contribution in [2.24, 2.45) is 0 Å². The maximum absolute atomic E-state index is 12.9. The van der Waals surface area contributed by atoms with Gasteiger partial charge in [0.25, 0.3) is 0 Å². The zero-order chi connectivity index (χ0) is 10.7. The summed E-state index contributed by atoms with van der Waals surface area (Å²) in [7, 11) is 0. The summed E-state index contributed by atoms with van der Waals surface area (Å²) in [6.07, 6.45) is 2.16. The fraction of sp³-hybridized carbons (Fsp3) is 0.455. The van der Waals surface area contributed by atoms with Gasteiger partial charge < -0.3 is 10.1 Å². The Morgan fingerprint density at radius 3 is 3.07 bits per heavy atom. The van der Waals surface area contributed by atoms with E-state index in [0.29, 0.717) is 10.8 Å². The number of ether oxygens (including phenoxy) is 1. The van der Waals surface area contributed by atoms with Crippen LogP contribution in [-0.2, 0) is 0 Å². The van der Waals surface area contributed by atoms with Crippen molar-refractivity contribution in [1.82, 2.24) is 5.32 Å². The molecule has 1 heterocycles. The lowest BCUT2D eigenvalue weighted by molar-refractivity contribution is 0.166. The summed E-state index contributed by atoms with van der Waals surface area (Å²) in [5.41, 5.74) is 0. The minimum atomic E-state index is -0.321. The minimum Gasteiger partial charge on any atom is -0.487 e. The van der Waals surface area contributed by atoms with Crippen LogP contribution in [0.25, 0.3) is 0 Å². The van der Waals surface area contributed by atoms with Crippen LogP contribution in [0.5, 0.6) is 5.75 Å². The van der Waals surface area contributed by atoms with Crippen LogP contribution in [0.4, 0.5) is 4.39 Å². The van der Waals surface area contributed by atoms with Crippen molar-refractivity contribution in [2.75, 3.05) is 13.1 Å². The maximum atomic E-state index is 12.9. The van der Waals surface area contributed by atoms with E-state index in [9.17, 15) is 4.39 Å². The van der Waals surface area contributed by atoms with Gasteiger partial charge in [-0.3, -0.25) is 0 Å². The second-order valence-corrected chi connectivity index (χ2v) is 4.07. The number of nitrogens with one attached hydrogen (secondary N) is 1. The molecule has 0 bridgehead atoms. The molecule has 82 valence electrons. The summed E-state index contributed by atoms with van der Waals surface area (Å²) in [5.74, 6) is 0.114. The molecule has 0 saturated carbocycles. The Kier molecular flexibility index (Phi) is 3.44. The predicted molar refractivity (Wildman–Crippen MR) is 57.9 cm³/mol. The molecule has 1 aromatic carbocycles. The van der Waals surface area contributed by atoms with Gasteiger partial charge in [-0.05, 0) is 31.5 Å². The fourth-order valence-electron chi connectivity index (χ4n) is 1.67. The number of piperidine rings is 1. The number of rotatable bonds is 2. The molecule has 1 aromatic rings. The van der Waals surface area contributed by atoms with Crippen molar-refractivity contribution in [3.63, 3.8) is 0 Å². The number of benzene rings is 1. The van der Waals surface area contributed by atoms with Gasteiger partial charge in [-0.25, -0.2) is 4.39 Å². The number of halogens is 2. The zero-order valence-corrected chi connectivity index (χ0v) is 9.06. The van der Waals surface area contributed by atoms with E-state index < -0.39 is 0 Å². The molecule has 0 amide bonds. The smallest absolute Gasteiger partial charge is 0.141 e. The summed E-state index contributed by atoms with van der Waals surface area (Å²) in [5, 5.41) is 3.69. The normalized spacial score (nSPS) is 21.3. The minimum absolute atomic E-state index is 0.0954. The average Bonchev–Trinajstić information content (AvgIpc) is 2.25. The Balaban J connectivity index is 2.05. The highest BCUT2D eigenvalue weighted by Crippen LogP contribution is 2.26. The van der Waals surface area contributed by atoms with Crippen molar-refractivity contribution < 1.29 is 9.13 Å². The monoisotopic (exact) mass is 229 g/mol. The van der Waals surface area contributed by atoms with Crippen LogP contribution >= 0.6 is 11.6 Å². The van der Waals surface area contributed by atoms with Gasteiger partial charge in [-0.1, -0.05) is 11.6 Å². The van der Waals surface area contributed by atoms with Crippen molar-refractivity contribution in [1.29, 1.82) is 0 Å². The Bertz CT molecular complexity index is 339. The van der Waals surface area contributed by atoms with E-state index in [2.05, 4.69) is 5.32 Å². The molecule has 0 aliphatic carbocycles. The van der Waals surface area contributed by atoms with Crippen LogP contribution in [-0.4, -0.2) is 19.2 Å². The molecule has 1 aliphatic heterocycles. The van der Waals surface area contributed by atoms with Gasteiger partial charge >= 0.3 is 0 Å². The quantitative estimate of drug-likeness (QED) is 0.842. The molecule has 15 heavy (non-hydrogen) atoms. The Hall–Kier alpha value is -0.800. The van der Waals surface area contributed by atoms with Gasteiger partial charge in [0, 0.05) is 12.6 Å². The van der Waals surface area contributed by atoms with E-state index in [1.807, 2.05) is 0 Å². The molecule has 1 unspecified atom stereocenters. The molecular formula is C11H13ClFNO. The highest BCUT2D eigenvalue weighted by molar-refractivity contribution is 6.32. The molecule has 1 atom stereocenters. The summed E-state index contributed by atoms with van der Waals surface area (Å²) in [6, 6.07) is 4.17. The highest BCUT2D eigenvalue weighted by atomic mass is 35.5. The lowest BCUT2D eigenvalue weighted by Gasteiger charge is -2.24. The first kappa shape index (κ1) is 10.7. The van der Waals surface area contributed by atoms with E-state index in [4.69, 9.17) is 16.3 Å². The van der Waals surface area contributed by atoms with Crippen LogP contribution in [0, 0.1) is 5.82 Å². The van der Waals surface area contributed by atoms with Gasteiger partial charge in [0.15, 0.2) is 0 Å². The molecule has 0 spiro atoms. The van der Waals surface area contributed by atoms with E-state index in [-0.39, 0.29) is 11.9 Å². The summed E-state index contributed by atoms with van der Waals surface area (Å²) < 4.78 is 18.6. The zero-order valence-electron chi connectivity index (χ0n) is 8.30. The third-order valence-corrected chi connectivity index (χ3v) is 2.75. The molecule has 1 saturated heterocycles. The Labute approximate surface area is 93.4 Å². The maximum Gasteiger partial charge on any atom is 0.141 e. The van der Waals surface area contributed by atoms with Crippen molar-refractivity contribution in [3.05, 3.63) is 29.0 Å². The molecular weight excluding hydrogens is 217 g/mol. The molecule has 1 aliphatic rings.